The van der Waals surface area contributed by atoms with Crippen LogP contribution in [0.1, 0.15) is 31.7 Å². The molecule has 1 aromatic rings. The molecule has 2 atom stereocenters. The van der Waals surface area contributed by atoms with Crippen LogP contribution >= 0.6 is 23.2 Å². The van der Waals surface area contributed by atoms with Gasteiger partial charge in [-0.1, -0.05) is 37.0 Å². The van der Waals surface area contributed by atoms with Crippen molar-refractivity contribution in [3.05, 3.63) is 27.7 Å². The molecule has 0 radical (unpaired) electrons. The largest absolute Gasteiger partial charge is 0.495 e. The Morgan fingerprint density at radius 2 is 1.94 bits per heavy atom. The van der Waals surface area contributed by atoms with Crippen molar-refractivity contribution in [3.63, 3.8) is 0 Å². The van der Waals surface area contributed by atoms with Crippen LogP contribution in [0.25, 0.3) is 0 Å². The molecule has 0 saturated heterocycles. The van der Waals surface area contributed by atoms with Crippen LogP contribution in [0, 0.1) is 5.92 Å². The zero-order valence-corrected chi connectivity index (χ0v) is 12.0. The third-order valence-corrected chi connectivity index (χ3v) is 3.71. The lowest BCUT2D eigenvalue weighted by Crippen LogP contribution is -2.13. The average Bonchev–Trinajstić information content (AvgIpc) is 2.27. The van der Waals surface area contributed by atoms with Crippen molar-refractivity contribution in [3.8, 4) is 5.75 Å². The van der Waals surface area contributed by atoms with Crippen LogP contribution in [0.3, 0.4) is 0 Å². The van der Waals surface area contributed by atoms with Gasteiger partial charge in [-0.25, -0.2) is 0 Å². The van der Waals surface area contributed by atoms with Gasteiger partial charge in [0.2, 0.25) is 0 Å². The van der Waals surface area contributed by atoms with E-state index in [0.717, 1.165) is 12.0 Å². The molecule has 0 aliphatic carbocycles. The van der Waals surface area contributed by atoms with E-state index in [0.29, 0.717) is 34.2 Å². The molecule has 0 fully saturated rings. The molecule has 2 N–H and O–H groups in total. The molecule has 0 bridgehead atoms. The van der Waals surface area contributed by atoms with Crippen LogP contribution in [-0.4, -0.2) is 13.7 Å². The fourth-order valence-corrected chi connectivity index (χ4v) is 2.54. The van der Waals surface area contributed by atoms with Crippen molar-refractivity contribution in [2.75, 3.05) is 13.7 Å². The molecule has 0 amide bonds. The van der Waals surface area contributed by atoms with E-state index >= 15 is 0 Å². The summed E-state index contributed by atoms with van der Waals surface area (Å²) < 4.78 is 5.36. The van der Waals surface area contributed by atoms with Gasteiger partial charge in [-0.3, -0.25) is 0 Å². The smallest absolute Gasteiger partial charge is 0.141 e. The van der Waals surface area contributed by atoms with Crippen molar-refractivity contribution in [2.45, 2.75) is 26.2 Å². The molecule has 0 aliphatic heterocycles. The molecule has 1 rings (SSSR count). The Bertz CT molecular complexity index is 382. The molecule has 1 aromatic carbocycles. The molecule has 4 heteroatoms. The molecule has 0 spiro atoms. The first kappa shape index (κ1) is 14.6. The highest BCUT2D eigenvalue weighted by Gasteiger charge is 2.20. The highest BCUT2D eigenvalue weighted by atomic mass is 35.5. The predicted octanol–water partition coefficient (Wildman–Crippen LogP) is 4.09. The molecule has 2 unspecified atom stereocenters. The summed E-state index contributed by atoms with van der Waals surface area (Å²) in [6.45, 7) is 5.00. The van der Waals surface area contributed by atoms with Crippen LogP contribution in [0.5, 0.6) is 5.75 Å². The van der Waals surface area contributed by atoms with Gasteiger partial charge < -0.3 is 10.5 Å². The molecule has 17 heavy (non-hydrogen) atoms. The van der Waals surface area contributed by atoms with Gasteiger partial charge in [0.1, 0.15) is 5.75 Å². The minimum atomic E-state index is 0.310. The lowest BCUT2D eigenvalue weighted by Gasteiger charge is -2.22. The molecule has 96 valence electrons. The van der Waals surface area contributed by atoms with Crippen LogP contribution in [0.15, 0.2) is 12.1 Å². The zero-order valence-electron chi connectivity index (χ0n) is 10.5. The van der Waals surface area contributed by atoms with Crippen LogP contribution in [0.2, 0.25) is 10.0 Å². The van der Waals surface area contributed by atoms with Crippen molar-refractivity contribution < 1.29 is 4.74 Å². The van der Waals surface area contributed by atoms with Crippen LogP contribution in [-0.2, 0) is 0 Å². The average molecular weight is 276 g/mol. The van der Waals surface area contributed by atoms with Crippen LogP contribution < -0.4 is 10.5 Å². The predicted molar refractivity (Wildman–Crippen MR) is 74.3 cm³/mol. The van der Waals surface area contributed by atoms with Crippen molar-refractivity contribution in [1.82, 2.24) is 0 Å². The molecule has 0 saturated carbocycles. The van der Waals surface area contributed by atoms with E-state index in [1.165, 1.54) is 0 Å². The number of methoxy groups -OCH3 is 1. The summed E-state index contributed by atoms with van der Waals surface area (Å²) in [5, 5.41) is 1.19. The van der Waals surface area contributed by atoms with Gasteiger partial charge in [0.25, 0.3) is 0 Å². The van der Waals surface area contributed by atoms with E-state index in [2.05, 4.69) is 13.8 Å². The Morgan fingerprint density at radius 3 is 2.47 bits per heavy atom. The number of benzene rings is 1. The summed E-state index contributed by atoms with van der Waals surface area (Å²) in [6.07, 6.45) is 0.967. The first-order chi connectivity index (χ1) is 8.01. The van der Waals surface area contributed by atoms with Crippen molar-refractivity contribution >= 4 is 23.2 Å². The van der Waals surface area contributed by atoms with Gasteiger partial charge >= 0.3 is 0 Å². The molecule has 2 nitrogen and oxygen atoms in total. The summed E-state index contributed by atoms with van der Waals surface area (Å²) in [5.74, 6) is 1.49. The van der Waals surface area contributed by atoms with Crippen LogP contribution in [0.4, 0.5) is 0 Å². The normalized spacial score (nSPS) is 14.5. The topological polar surface area (TPSA) is 35.2 Å². The lowest BCUT2D eigenvalue weighted by molar-refractivity contribution is 0.390. The zero-order chi connectivity index (χ0) is 13.0. The Morgan fingerprint density at radius 1 is 1.29 bits per heavy atom. The number of hydrogen-bond donors (Lipinski definition) is 1. The number of hydrogen-bond acceptors (Lipinski definition) is 2. The Hall–Kier alpha value is -0.440. The maximum Gasteiger partial charge on any atom is 0.141 e. The second kappa shape index (κ2) is 6.48. The van der Waals surface area contributed by atoms with E-state index in [1.807, 2.05) is 6.07 Å². The van der Waals surface area contributed by atoms with Gasteiger partial charge in [-0.05, 0) is 36.9 Å². The number of halogens is 2. The van der Waals surface area contributed by atoms with E-state index in [1.54, 1.807) is 13.2 Å². The first-order valence-electron chi connectivity index (χ1n) is 5.74. The van der Waals surface area contributed by atoms with E-state index in [9.17, 15) is 0 Å². The maximum absolute atomic E-state index is 6.13. The third kappa shape index (κ3) is 3.51. The van der Waals surface area contributed by atoms with Gasteiger partial charge in [0, 0.05) is 10.6 Å². The van der Waals surface area contributed by atoms with E-state index < -0.39 is 0 Å². The number of nitrogens with two attached hydrogens (primary N) is 1. The van der Waals surface area contributed by atoms with Gasteiger partial charge in [0.15, 0.2) is 0 Å². The SMILES string of the molecule is COc1c(Cl)cc(Cl)cc1C(C)C(C)CCN. The van der Waals surface area contributed by atoms with E-state index in [-0.39, 0.29) is 0 Å². The summed E-state index contributed by atoms with van der Waals surface area (Å²) in [7, 11) is 1.62. The third-order valence-electron chi connectivity index (χ3n) is 3.21. The number of ether oxygens (including phenoxy) is 1. The molecular formula is C13H19Cl2NO. The van der Waals surface area contributed by atoms with Crippen molar-refractivity contribution in [2.24, 2.45) is 11.7 Å². The highest BCUT2D eigenvalue weighted by Crippen LogP contribution is 2.39. The standard InChI is InChI=1S/C13H19Cl2NO/c1-8(4-5-16)9(2)11-6-10(14)7-12(15)13(11)17-3/h6-9H,4-5,16H2,1-3H3. The molecule has 0 aliphatic rings. The second-order valence-electron chi connectivity index (χ2n) is 4.35. The number of rotatable bonds is 5. The fraction of sp³-hybridized carbons (Fsp3) is 0.538. The molecule has 0 aromatic heterocycles. The molecule has 0 heterocycles. The monoisotopic (exact) mass is 275 g/mol. The minimum absolute atomic E-state index is 0.310. The molecular weight excluding hydrogens is 257 g/mol. The fourth-order valence-electron chi connectivity index (χ4n) is 1.95. The lowest BCUT2D eigenvalue weighted by atomic mass is 9.86. The Kier molecular flexibility index (Phi) is 5.57. The highest BCUT2D eigenvalue weighted by molar-refractivity contribution is 6.35. The summed E-state index contributed by atoms with van der Waals surface area (Å²) >= 11 is 12.2. The summed E-state index contributed by atoms with van der Waals surface area (Å²) in [4.78, 5) is 0. The van der Waals surface area contributed by atoms with Gasteiger partial charge in [-0.15, -0.1) is 0 Å². The van der Waals surface area contributed by atoms with Crippen molar-refractivity contribution in [1.29, 1.82) is 0 Å². The maximum atomic E-state index is 6.13. The minimum Gasteiger partial charge on any atom is -0.495 e. The van der Waals surface area contributed by atoms with Gasteiger partial charge in [0.05, 0.1) is 12.1 Å². The van der Waals surface area contributed by atoms with Gasteiger partial charge in [-0.2, -0.15) is 0 Å². The quantitative estimate of drug-likeness (QED) is 0.879. The summed E-state index contributed by atoms with van der Waals surface area (Å²) in [5.41, 5.74) is 6.64. The van der Waals surface area contributed by atoms with E-state index in [4.69, 9.17) is 33.7 Å². The Balaban J connectivity index is 3.11. The first-order valence-corrected chi connectivity index (χ1v) is 6.49. The summed E-state index contributed by atoms with van der Waals surface area (Å²) in [6, 6.07) is 3.62. The Labute approximate surface area is 113 Å². The second-order valence-corrected chi connectivity index (χ2v) is 5.20.